The molecular formula is C33H39N8O3P. The first-order valence-corrected chi connectivity index (χ1v) is 18.1. The Hall–Kier alpha value is -4.37. The summed E-state index contributed by atoms with van der Waals surface area (Å²) in [7, 11) is -1.09. The van der Waals surface area contributed by atoms with E-state index in [1.165, 1.54) is 12.8 Å². The summed E-state index contributed by atoms with van der Waals surface area (Å²) in [5.41, 5.74) is 4.37. The third-order valence-electron chi connectivity index (χ3n) is 9.29. The predicted octanol–water partition coefficient (Wildman–Crippen LogP) is 6.67. The molecule has 3 unspecified atom stereocenters. The molecule has 0 radical (unpaired) electrons. The second-order valence-electron chi connectivity index (χ2n) is 12.5. The molecule has 1 fully saturated rings. The summed E-state index contributed by atoms with van der Waals surface area (Å²) < 4.78 is 25.7. The number of benzene rings is 2. The molecule has 7 rings (SSSR count). The number of H-pyrrole nitrogens is 1. The Morgan fingerprint density at radius 3 is 2.78 bits per heavy atom. The maximum Gasteiger partial charge on any atom is 0.231 e. The molecule has 5 aromatic rings. The number of methoxy groups -OCH3 is 1. The lowest BCUT2D eigenvalue weighted by atomic mass is 9.80. The summed E-state index contributed by atoms with van der Waals surface area (Å²) in [5, 5.41) is 8.23. The maximum absolute atomic E-state index is 13.5. The predicted molar refractivity (Wildman–Crippen MR) is 181 cm³/mol. The van der Waals surface area contributed by atoms with Crippen molar-refractivity contribution in [3.05, 3.63) is 48.9 Å². The van der Waals surface area contributed by atoms with Crippen molar-refractivity contribution in [3.8, 4) is 11.5 Å². The van der Waals surface area contributed by atoms with Crippen LogP contribution < -0.4 is 30.3 Å². The molecule has 0 saturated carbocycles. The van der Waals surface area contributed by atoms with Gasteiger partial charge >= 0.3 is 0 Å². The van der Waals surface area contributed by atoms with Gasteiger partial charge in [-0.25, -0.2) is 0 Å². The Bertz CT molecular complexity index is 1940. The van der Waals surface area contributed by atoms with Crippen molar-refractivity contribution in [3.63, 3.8) is 0 Å². The Kier molecular flexibility index (Phi) is 7.52. The number of piperidine rings is 1. The molecule has 3 aromatic heterocycles. The summed E-state index contributed by atoms with van der Waals surface area (Å²) in [4.78, 5) is 24.2. The van der Waals surface area contributed by atoms with Gasteiger partial charge in [0.2, 0.25) is 5.95 Å². The van der Waals surface area contributed by atoms with E-state index < -0.39 is 7.14 Å². The van der Waals surface area contributed by atoms with Crippen molar-refractivity contribution in [2.45, 2.75) is 39.2 Å². The molecule has 0 aliphatic carbocycles. The van der Waals surface area contributed by atoms with Crippen LogP contribution in [-0.4, -0.2) is 64.6 Å². The van der Waals surface area contributed by atoms with Crippen LogP contribution >= 0.6 is 7.14 Å². The molecule has 5 heterocycles. The van der Waals surface area contributed by atoms with E-state index in [4.69, 9.17) is 19.4 Å². The number of rotatable bonds is 8. The molecule has 0 amide bonds. The minimum Gasteiger partial charge on any atom is -0.494 e. The van der Waals surface area contributed by atoms with Gasteiger partial charge in [0.1, 0.15) is 42.2 Å². The normalized spacial score (nSPS) is 18.6. The van der Waals surface area contributed by atoms with Crippen LogP contribution in [-0.2, 0) is 4.57 Å². The number of nitrogens with one attached hydrogen (secondary N) is 3. The van der Waals surface area contributed by atoms with Crippen LogP contribution in [0.1, 0.15) is 33.1 Å². The average Bonchev–Trinajstić information content (AvgIpc) is 3.52. The summed E-state index contributed by atoms with van der Waals surface area (Å²) in [5.74, 6) is 3.88. The summed E-state index contributed by atoms with van der Waals surface area (Å²) in [6.45, 7) is 9.81. The quantitative estimate of drug-likeness (QED) is 0.161. The van der Waals surface area contributed by atoms with Crippen molar-refractivity contribution in [2.75, 3.05) is 49.1 Å². The minimum absolute atomic E-state index is 0.368. The van der Waals surface area contributed by atoms with Crippen LogP contribution in [0, 0.1) is 11.8 Å². The number of hydrogen-bond acceptors (Lipinski definition) is 10. The van der Waals surface area contributed by atoms with Gasteiger partial charge in [-0.1, -0.05) is 20.3 Å². The van der Waals surface area contributed by atoms with E-state index >= 15 is 0 Å². The van der Waals surface area contributed by atoms with E-state index in [0.29, 0.717) is 63.5 Å². The summed E-state index contributed by atoms with van der Waals surface area (Å²) in [6, 6.07) is 10.1. The Morgan fingerprint density at radius 1 is 1.13 bits per heavy atom. The van der Waals surface area contributed by atoms with Crippen LogP contribution in [0.5, 0.6) is 11.5 Å². The van der Waals surface area contributed by atoms with E-state index in [9.17, 15) is 4.57 Å². The fourth-order valence-electron chi connectivity index (χ4n) is 6.76. The molecule has 45 heavy (non-hydrogen) atoms. The molecule has 3 N–H and O–H groups in total. The molecule has 3 atom stereocenters. The van der Waals surface area contributed by atoms with Gasteiger partial charge in [0.05, 0.1) is 46.4 Å². The number of aromatic amines is 1. The fourth-order valence-corrected chi connectivity index (χ4v) is 8.15. The average molecular weight is 627 g/mol. The van der Waals surface area contributed by atoms with E-state index in [0.717, 1.165) is 41.6 Å². The second-order valence-corrected chi connectivity index (χ2v) is 15.6. The van der Waals surface area contributed by atoms with Crippen molar-refractivity contribution in [2.24, 2.45) is 11.8 Å². The topological polar surface area (TPSA) is 130 Å². The third-order valence-corrected chi connectivity index (χ3v) is 10.8. The molecular weight excluding hydrogens is 587 g/mol. The van der Waals surface area contributed by atoms with Gasteiger partial charge in [0, 0.05) is 37.3 Å². The highest BCUT2D eigenvalue weighted by Crippen LogP contribution is 2.46. The lowest BCUT2D eigenvalue weighted by Gasteiger charge is -2.45. The number of fused-ring (bicyclic) bond motifs is 5. The molecule has 2 aliphatic rings. The standard InChI is InChI=1S/C33H39N8O3P/c1-6-19(2)20-10-14-41-21(15-20)18-44-28-16-25(27(43-3)17-26(28)41)38-33-39-31-22(9-11-36-31)32(40-33)37-24-8-7-23-29(35-13-12-34-23)30(24)45(4,5)42/h7-9,11-13,16-17,19-21H,6,10,14-15,18H2,1-5H3,(H3,36,37,38,39,40). The second kappa shape index (κ2) is 11.5. The molecule has 12 heteroatoms. The van der Waals surface area contributed by atoms with Gasteiger partial charge in [0.15, 0.2) is 0 Å². The van der Waals surface area contributed by atoms with Crippen LogP contribution in [0.2, 0.25) is 0 Å². The molecule has 2 aliphatic heterocycles. The van der Waals surface area contributed by atoms with Gasteiger partial charge < -0.3 is 34.6 Å². The van der Waals surface area contributed by atoms with Crippen LogP contribution in [0.3, 0.4) is 0 Å². The minimum atomic E-state index is -2.76. The van der Waals surface area contributed by atoms with Gasteiger partial charge in [-0.2, -0.15) is 9.97 Å². The van der Waals surface area contributed by atoms with E-state index in [1.54, 1.807) is 32.8 Å². The van der Waals surface area contributed by atoms with Gasteiger partial charge in [-0.05, 0) is 56.2 Å². The van der Waals surface area contributed by atoms with Gasteiger partial charge in [-0.3, -0.25) is 9.97 Å². The lowest BCUT2D eigenvalue weighted by molar-refractivity contribution is 0.183. The molecule has 11 nitrogen and oxygen atoms in total. The first kappa shape index (κ1) is 29.3. The highest BCUT2D eigenvalue weighted by molar-refractivity contribution is 7.71. The number of ether oxygens (including phenoxy) is 2. The molecule has 1 saturated heterocycles. The van der Waals surface area contributed by atoms with Crippen LogP contribution in [0.4, 0.5) is 28.8 Å². The lowest BCUT2D eigenvalue weighted by Crippen LogP contribution is -2.49. The summed E-state index contributed by atoms with van der Waals surface area (Å²) in [6.07, 6.45) is 8.61. The molecule has 2 aromatic carbocycles. The zero-order valence-electron chi connectivity index (χ0n) is 26.3. The third kappa shape index (κ3) is 5.43. The largest absolute Gasteiger partial charge is 0.494 e. The zero-order valence-corrected chi connectivity index (χ0v) is 27.2. The van der Waals surface area contributed by atoms with Crippen LogP contribution in [0.25, 0.3) is 22.1 Å². The van der Waals surface area contributed by atoms with E-state index in [-0.39, 0.29) is 0 Å². The SMILES string of the molecule is CCC(C)C1CCN2c3cc(OC)c(Nc4nc(Nc5ccc6nccnc6c5P(C)(C)=O)c5cc[nH]c5n4)cc3OCC2C1. The monoisotopic (exact) mass is 626 g/mol. The molecule has 0 spiro atoms. The highest BCUT2D eigenvalue weighted by Gasteiger charge is 2.36. The van der Waals surface area contributed by atoms with E-state index in [2.05, 4.69) is 50.4 Å². The first-order valence-electron chi connectivity index (χ1n) is 15.5. The van der Waals surface area contributed by atoms with Crippen molar-refractivity contribution in [1.29, 1.82) is 0 Å². The molecule has 0 bridgehead atoms. The molecule has 234 valence electrons. The fraction of sp³-hybridized carbons (Fsp3) is 0.394. The zero-order chi connectivity index (χ0) is 31.3. The van der Waals surface area contributed by atoms with E-state index in [1.807, 2.05) is 30.5 Å². The van der Waals surface area contributed by atoms with Gasteiger partial charge in [0.25, 0.3) is 0 Å². The number of nitrogens with zero attached hydrogens (tertiary/aromatic N) is 5. The van der Waals surface area contributed by atoms with Crippen molar-refractivity contribution < 1.29 is 14.0 Å². The Balaban J connectivity index is 1.22. The number of hydrogen-bond donors (Lipinski definition) is 3. The highest BCUT2D eigenvalue weighted by atomic mass is 31.2. The Morgan fingerprint density at radius 2 is 1.98 bits per heavy atom. The number of anilines is 5. The van der Waals surface area contributed by atoms with Crippen molar-refractivity contribution in [1.82, 2.24) is 24.9 Å². The Labute approximate surface area is 262 Å². The number of aromatic nitrogens is 5. The first-order chi connectivity index (χ1) is 21.7. The van der Waals surface area contributed by atoms with Crippen LogP contribution in [0.15, 0.2) is 48.9 Å². The smallest absolute Gasteiger partial charge is 0.231 e. The van der Waals surface area contributed by atoms with Crippen molar-refractivity contribution >= 4 is 63.3 Å². The van der Waals surface area contributed by atoms with Gasteiger partial charge in [-0.15, -0.1) is 0 Å². The maximum atomic E-state index is 13.5. The summed E-state index contributed by atoms with van der Waals surface area (Å²) >= 11 is 0.